The Balaban J connectivity index is 1.61. The third-order valence-electron chi connectivity index (χ3n) is 5.16. The summed E-state index contributed by atoms with van der Waals surface area (Å²) in [5.74, 6) is -0.201. The minimum Gasteiger partial charge on any atom is -0.482 e. The highest BCUT2D eigenvalue weighted by Gasteiger charge is 2.33. The number of nitrogens with zero attached hydrogens (tertiary/aromatic N) is 2. The fraction of sp³-hybridized carbons (Fsp3) is 0.261. The SMILES string of the molecule is COCCc1nc(-c2ccc3c(c2)N(C(C)C(=O)Nc2cc(Cl)ccc2Cl)C(=O)CO3)cs1. The maximum atomic E-state index is 13.0. The molecule has 2 aromatic carbocycles. The van der Waals surface area contributed by atoms with Gasteiger partial charge in [0.05, 0.1) is 33.7 Å². The molecule has 2 amide bonds. The topological polar surface area (TPSA) is 80.8 Å². The first-order valence-electron chi connectivity index (χ1n) is 10.2. The van der Waals surface area contributed by atoms with E-state index in [1.165, 1.54) is 4.90 Å². The van der Waals surface area contributed by atoms with Crippen LogP contribution in [0.5, 0.6) is 5.75 Å². The second-order valence-electron chi connectivity index (χ2n) is 7.39. The molecule has 0 saturated carbocycles. The van der Waals surface area contributed by atoms with Crippen molar-refractivity contribution in [3.8, 4) is 17.0 Å². The van der Waals surface area contributed by atoms with E-state index in [0.717, 1.165) is 22.7 Å². The van der Waals surface area contributed by atoms with Crippen LogP contribution in [0.3, 0.4) is 0 Å². The summed E-state index contributed by atoms with van der Waals surface area (Å²) in [4.78, 5) is 31.9. The van der Waals surface area contributed by atoms with Crippen LogP contribution in [0.25, 0.3) is 11.3 Å². The van der Waals surface area contributed by atoms with Crippen LogP contribution in [0.15, 0.2) is 41.8 Å². The summed E-state index contributed by atoms with van der Waals surface area (Å²) >= 11 is 13.7. The maximum absolute atomic E-state index is 13.0. The first-order valence-corrected chi connectivity index (χ1v) is 11.8. The summed E-state index contributed by atoms with van der Waals surface area (Å²) in [6, 6.07) is 9.46. The van der Waals surface area contributed by atoms with Gasteiger partial charge in [0.25, 0.3) is 5.91 Å². The number of carbonyl (C=O) groups excluding carboxylic acids is 2. The molecule has 1 aromatic heterocycles. The first-order chi connectivity index (χ1) is 15.9. The van der Waals surface area contributed by atoms with Crippen LogP contribution in [0.2, 0.25) is 10.0 Å². The van der Waals surface area contributed by atoms with Crippen LogP contribution in [-0.4, -0.2) is 43.2 Å². The van der Waals surface area contributed by atoms with E-state index in [1.807, 2.05) is 17.5 Å². The molecule has 1 unspecified atom stereocenters. The van der Waals surface area contributed by atoms with Crippen molar-refractivity contribution in [1.29, 1.82) is 0 Å². The average Bonchev–Trinajstić information content (AvgIpc) is 3.28. The molecule has 1 N–H and O–H groups in total. The molecule has 10 heteroatoms. The molecule has 0 aliphatic carbocycles. The molecule has 0 bridgehead atoms. The maximum Gasteiger partial charge on any atom is 0.265 e. The van der Waals surface area contributed by atoms with Gasteiger partial charge in [0, 0.05) is 29.5 Å². The molecule has 172 valence electrons. The number of carbonyl (C=O) groups is 2. The standard InChI is InChI=1S/C23H21Cl2N3O4S/c1-13(23(30)27-17-10-15(24)4-5-16(17)25)28-19-9-14(3-6-20(19)32-11-22(28)29)18-12-33-21(26-18)7-8-31-2/h3-6,9-10,12-13H,7-8,11H2,1-2H3,(H,27,30). The molecule has 2 heterocycles. The van der Waals surface area contributed by atoms with Gasteiger partial charge in [0.2, 0.25) is 5.91 Å². The molecule has 33 heavy (non-hydrogen) atoms. The molecule has 0 radical (unpaired) electrons. The number of anilines is 2. The van der Waals surface area contributed by atoms with Gasteiger partial charge in [-0.15, -0.1) is 11.3 Å². The lowest BCUT2D eigenvalue weighted by Gasteiger charge is -2.33. The van der Waals surface area contributed by atoms with Gasteiger partial charge in [0.1, 0.15) is 11.8 Å². The van der Waals surface area contributed by atoms with Gasteiger partial charge in [0.15, 0.2) is 6.61 Å². The predicted molar refractivity (Wildman–Crippen MR) is 131 cm³/mol. The predicted octanol–water partition coefficient (Wildman–Crippen LogP) is 5.06. The molecule has 1 aliphatic rings. The van der Waals surface area contributed by atoms with Gasteiger partial charge in [-0.1, -0.05) is 23.2 Å². The van der Waals surface area contributed by atoms with E-state index in [0.29, 0.717) is 33.8 Å². The number of methoxy groups -OCH3 is 1. The monoisotopic (exact) mass is 505 g/mol. The van der Waals surface area contributed by atoms with E-state index in [1.54, 1.807) is 49.6 Å². The molecule has 1 aliphatic heterocycles. The third kappa shape index (κ3) is 5.14. The van der Waals surface area contributed by atoms with Crippen LogP contribution < -0.4 is 15.0 Å². The van der Waals surface area contributed by atoms with Gasteiger partial charge < -0.3 is 14.8 Å². The number of halogens is 2. The number of nitrogens with one attached hydrogen (secondary N) is 1. The minimum atomic E-state index is -0.821. The van der Waals surface area contributed by atoms with E-state index in [9.17, 15) is 9.59 Å². The Morgan fingerprint density at radius 1 is 1.30 bits per heavy atom. The highest BCUT2D eigenvalue weighted by atomic mass is 35.5. The van der Waals surface area contributed by atoms with Crippen LogP contribution in [0, 0.1) is 0 Å². The summed E-state index contributed by atoms with van der Waals surface area (Å²) in [6.45, 7) is 2.09. The minimum absolute atomic E-state index is 0.153. The van der Waals surface area contributed by atoms with Crippen molar-refractivity contribution in [1.82, 2.24) is 4.98 Å². The second kappa shape index (κ2) is 10.1. The Labute approximate surface area is 205 Å². The zero-order valence-electron chi connectivity index (χ0n) is 17.9. The van der Waals surface area contributed by atoms with Crippen LogP contribution >= 0.6 is 34.5 Å². The Bertz CT molecular complexity index is 1200. The molecular weight excluding hydrogens is 485 g/mol. The molecule has 0 saturated heterocycles. The lowest BCUT2D eigenvalue weighted by Crippen LogP contribution is -2.49. The van der Waals surface area contributed by atoms with E-state index in [2.05, 4.69) is 10.3 Å². The molecule has 3 aromatic rings. The number of aromatic nitrogens is 1. The summed E-state index contributed by atoms with van der Waals surface area (Å²) in [5.41, 5.74) is 2.49. The highest BCUT2D eigenvalue weighted by molar-refractivity contribution is 7.09. The van der Waals surface area contributed by atoms with Crippen LogP contribution in [-0.2, 0) is 20.7 Å². The fourth-order valence-corrected chi connectivity index (χ4v) is 4.58. The number of ether oxygens (including phenoxy) is 2. The van der Waals surface area contributed by atoms with Crippen molar-refractivity contribution in [2.45, 2.75) is 19.4 Å². The molecule has 1 atom stereocenters. The summed E-state index contributed by atoms with van der Waals surface area (Å²) in [6.07, 6.45) is 0.725. The van der Waals surface area contributed by atoms with Crippen molar-refractivity contribution in [3.63, 3.8) is 0 Å². The van der Waals surface area contributed by atoms with Gasteiger partial charge >= 0.3 is 0 Å². The van der Waals surface area contributed by atoms with Crippen molar-refractivity contribution in [3.05, 3.63) is 56.8 Å². The van der Waals surface area contributed by atoms with E-state index >= 15 is 0 Å². The smallest absolute Gasteiger partial charge is 0.265 e. The zero-order chi connectivity index (χ0) is 23.5. The van der Waals surface area contributed by atoms with E-state index < -0.39 is 11.9 Å². The Hall–Kier alpha value is -2.65. The fourth-order valence-electron chi connectivity index (χ4n) is 3.45. The van der Waals surface area contributed by atoms with Crippen molar-refractivity contribution in [2.75, 3.05) is 30.5 Å². The number of rotatable bonds is 7. The number of fused-ring (bicyclic) bond motifs is 1. The van der Waals surface area contributed by atoms with Gasteiger partial charge in [-0.2, -0.15) is 0 Å². The summed E-state index contributed by atoms with van der Waals surface area (Å²) in [7, 11) is 1.65. The molecule has 7 nitrogen and oxygen atoms in total. The molecule has 0 fully saturated rings. The number of hydrogen-bond acceptors (Lipinski definition) is 6. The first kappa shape index (κ1) is 23.5. The third-order valence-corrected chi connectivity index (χ3v) is 6.63. The largest absolute Gasteiger partial charge is 0.482 e. The van der Waals surface area contributed by atoms with Crippen LogP contribution in [0.1, 0.15) is 11.9 Å². The molecule has 0 spiro atoms. The molecular formula is C23H21Cl2N3O4S. The summed E-state index contributed by atoms with van der Waals surface area (Å²) in [5, 5.41) is 6.46. The Kier molecular flexibility index (Phi) is 7.19. The lowest BCUT2D eigenvalue weighted by molar-refractivity contribution is -0.125. The van der Waals surface area contributed by atoms with Gasteiger partial charge in [-0.25, -0.2) is 4.98 Å². The quantitative estimate of drug-likeness (QED) is 0.485. The van der Waals surface area contributed by atoms with Crippen molar-refractivity contribution in [2.24, 2.45) is 0 Å². The van der Waals surface area contributed by atoms with E-state index in [-0.39, 0.29) is 12.5 Å². The second-order valence-corrected chi connectivity index (χ2v) is 9.18. The number of amides is 2. The average molecular weight is 506 g/mol. The number of thiazole rings is 1. The van der Waals surface area contributed by atoms with Gasteiger partial charge in [-0.05, 0) is 43.3 Å². The van der Waals surface area contributed by atoms with Crippen molar-refractivity contribution >= 4 is 57.7 Å². The highest BCUT2D eigenvalue weighted by Crippen LogP contribution is 2.38. The summed E-state index contributed by atoms with van der Waals surface area (Å²) < 4.78 is 10.7. The van der Waals surface area contributed by atoms with Crippen molar-refractivity contribution < 1.29 is 19.1 Å². The lowest BCUT2D eigenvalue weighted by atomic mass is 10.1. The normalized spacial score (nSPS) is 13.9. The Morgan fingerprint density at radius 2 is 2.12 bits per heavy atom. The van der Waals surface area contributed by atoms with Gasteiger partial charge in [-0.3, -0.25) is 14.5 Å². The number of benzene rings is 2. The van der Waals surface area contributed by atoms with E-state index in [4.69, 9.17) is 32.7 Å². The number of hydrogen-bond donors (Lipinski definition) is 1. The van der Waals surface area contributed by atoms with Crippen LogP contribution in [0.4, 0.5) is 11.4 Å². The molecule has 4 rings (SSSR count). The zero-order valence-corrected chi connectivity index (χ0v) is 20.3. The Morgan fingerprint density at radius 3 is 2.91 bits per heavy atom.